The van der Waals surface area contributed by atoms with Gasteiger partial charge in [0, 0.05) is 23.7 Å². The molecule has 0 heterocycles. The Hall–Kier alpha value is -1.47. The van der Waals surface area contributed by atoms with Gasteiger partial charge in [-0.25, -0.2) is 0 Å². The highest BCUT2D eigenvalue weighted by molar-refractivity contribution is 6.04. The largest absolute Gasteiger partial charge is 0.396 e. The summed E-state index contributed by atoms with van der Waals surface area (Å²) in [7, 11) is 0. The lowest BCUT2D eigenvalue weighted by molar-refractivity contribution is -0.263. The fraction of sp³-hybridized carbons (Fsp3) is 0.853. The van der Waals surface area contributed by atoms with E-state index in [1.54, 1.807) is 0 Å². The number of hydrogen-bond donors (Lipinski definition) is 2. The maximum atomic E-state index is 13.5. The third-order valence-electron chi connectivity index (χ3n) is 15.3. The molecule has 4 saturated carbocycles. The van der Waals surface area contributed by atoms with Crippen LogP contribution >= 0.6 is 0 Å². The lowest BCUT2D eigenvalue weighted by Gasteiger charge is -2.78. The number of aliphatic hydroxyl groups is 1. The molecule has 2 unspecified atom stereocenters. The quantitative estimate of drug-likeness (QED) is 0.388. The number of fused-ring (bicyclic) bond motifs is 7. The fourth-order valence-electron chi connectivity index (χ4n) is 11.8. The second kappa shape index (κ2) is 7.84. The Bertz CT molecular complexity index is 1160. The third kappa shape index (κ3) is 2.91. The van der Waals surface area contributed by atoms with E-state index in [1.165, 1.54) is 12.8 Å². The molecule has 5 aliphatic rings. The molecule has 4 fully saturated rings. The van der Waals surface area contributed by atoms with E-state index in [2.05, 4.69) is 74.5 Å². The molecule has 38 heavy (non-hydrogen) atoms. The Balaban J connectivity index is 1.70. The van der Waals surface area contributed by atoms with Crippen LogP contribution in [0.4, 0.5) is 0 Å². The zero-order valence-corrected chi connectivity index (χ0v) is 25.6. The van der Waals surface area contributed by atoms with Crippen molar-refractivity contribution in [3.8, 4) is 6.07 Å². The van der Waals surface area contributed by atoms with Crippen molar-refractivity contribution in [2.45, 2.75) is 120 Å². The van der Waals surface area contributed by atoms with Crippen LogP contribution in [0.5, 0.6) is 0 Å². The number of nitrogens with zero attached hydrogens (tertiary/aromatic N) is 1. The van der Waals surface area contributed by atoms with Crippen molar-refractivity contribution >= 4 is 11.5 Å². The number of nitrogens with one attached hydrogen (secondary N) is 1. The number of carbonyl (C=O) groups is 1. The van der Waals surface area contributed by atoms with E-state index in [1.807, 2.05) is 0 Å². The fourth-order valence-corrected chi connectivity index (χ4v) is 11.8. The van der Waals surface area contributed by atoms with Crippen molar-refractivity contribution in [1.82, 2.24) is 0 Å². The SMILES string of the molecule is CC1(C)CC[C@]2(CCO)CC[C@]3(C)C(C(=N)C[C@]4(C)[C@@]5(C)C=C(C#N)C(=O)C(C)(C)[C@]5(C)CC[C@]43C)C2C1. The molecule has 0 aromatic rings. The molecule has 8 atom stereocenters. The Labute approximate surface area is 231 Å². The summed E-state index contributed by atoms with van der Waals surface area (Å²) in [6, 6.07) is 2.29. The second-order valence-electron chi connectivity index (χ2n) is 16.7. The van der Waals surface area contributed by atoms with E-state index in [0.29, 0.717) is 11.5 Å². The lowest BCUT2D eigenvalue weighted by atomic mass is 9.25. The second-order valence-corrected chi connectivity index (χ2v) is 16.7. The van der Waals surface area contributed by atoms with Gasteiger partial charge in [0.25, 0.3) is 0 Å². The van der Waals surface area contributed by atoms with Crippen LogP contribution in [0.15, 0.2) is 11.6 Å². The molecule has 0 aromatic heterocycles. The van der Waals surface area contributed by atoms with E-state index < -0.39 is 5.41 Å². The van der Waals surface area contributed by atoms with Crippen LogP contribution < -0.4 is 0 Å². The minimum atomic E-state index is -0.637. The zero-order chi connectivity index (χ0) is 28.4. The molecule has 0 spiro atoms. The molecule has 5 rings (SSSR count). The van der Waals surface area contributed by atoms with E-state index in [4.69, 9.17) is 0 Å². The maximum absolute atomic E-state index is 13.5. The first-order valence-electron chi connectivity index (χ1n) is 15.2. The number of nitriles is 1. The van der Waals surface area contributed by atoms with Crippen molar-refractivity contribution in [1.29, 1.82) is 10.7 Å². The molecule has 210 valence electrons. The molecule has 0 aromatic carbocycles. The molecule has 0 bridgehead atoms. The molecule has 0 radical (unpaired) electrons. The standard InChI is InChI=1S/C34H52N2O2/c1-27(2)10-14-34(16-17-37)15-11-29(5)25(23(34)19-27)24(36)20-33(9)31(29,7)13-12-30(6)28(3,4)26(38)22(21-35)18-32(30,33)8/h18,23,25,36-37H,10-17,19-20H2,1-9H3/t23?,25?,29-,30+,31+,32+,33+,34-/m1/s1. The number of ketones is 1. The number of hydrogen-bond acceptors (Lipinski definition) is 4. The monoisotopic (exact) mass is 520 g/mol. The number of rotatable bonds is 2. The molecule has 0 amide bonds. The smallest absolute Gasteiger partial charge is 0.179 e. The number of allylic oxidation sites excluding steroid dienone is 2. The predicted octanol–water partition coefficient (Wildman–Crippen LogP) is 7.90. The van der Waals surface area contributed by atoms with Gasteiger partial charge in [-0.1, -0.05) is 68.4 Å². The summed E-state index contributed by atoms with van der Waals surface area (Å²) in [6.45, 7) is 21.3. The molecular formula is C34H52N2O2. The summed E-state index contributed by atoms with van der Waals surface area (Å²) in [6.07, 6.45) is 11.4. The highest BCUT2D eigenvalue weighted by Crippen LogP contribution is 2.82. The number of Topliss-reactive ketones (excluding diaryl/α,β-unsaturated/α-hetero) is 1. The first kappa shape index (κ1) is 28.1. The normalized spacial score (nSPS) is 51.0. The number of carbonyl (C=O) groups excluding carboxylic acids is 1. The molecule has 5 aliphatic carbocycles. The maximum Gasteiger partial charge on any atom is 0.179 e. The van der Waals surface area contributed by atoms with Crippen molar-refractivity contribution in [2.24, 2.45) is 55.2 Å². The summed E-state index contributed by atoms with van der Waals surface area (Å²) < 4.78 is 0. The molecule has 2 N–H and O–H groups in total. The summed E-state index contributed by atoms with van der Waals surface area (Å²) in [5, 5.41) is 30.1. The van der Waals surface area contributed by atoms with Gasteiger partial charge in [0.2, 0.25) is 0 Å². The van der Waals surface area contributed by atoms with Crippen molar-refractivity contribution < 1.29 is 9.90 Å². The minimum Gasteiger partial charge on any atom is -0.396 e. The van der Waals surface area contributed by atoms with Crippen LogP contribution in [0.25, 0.3) is 0 Å². The van der Waals surface area contributed by atoms with E-state index in [0.717, 1.165) is 50.7 Å². The first-order valence-corrected chi connectivity index (χ1v) is 15.2. The Morgan fingerprint density at radius 3 is 2.13 bits per heavy atom. The highest BCUT2D eigenvalue weighted by Gasteiger charge is 2.78. The topological polar surface area (TPSA) is 84.9 Å². The van der Waals surface area contributed by atoms with Gasteiger partial charge in [-0.15, -0.1) is 0 Å². The molecular weight excluding hydrogens is 468 g/mol. The highest BCUT2D eigenvalue weighted by atomic mass is 16.3. The number of aliphatic hydroxyl groups excluding tert-OH is 1. The van der Waals surface area contributed by atoms with E-state index in [-0.39, 0.29) is 56.2 Å². The predicted molar refractivity (Wildman–Crippen MR) is 153 cm³/mol. The van der Waals surface area contributed by atoms with Crippen molar-refractivity contribution in [3.05, 3.63) is 11.6 Å². The van der Waals surface area contributed by atoms with Gasteiger partial charge >= 0.3 is 0 Å². The van der Waals surface area contributed by atoms with Gasteiger partial charge in [-0.2, -0.15) is 5.26 Å². The molecule has 0 aliphatic heterocycles. The van der Waals surface area contributed by atoms with Gasteiger partial charge < -0.3 is 10.5 Å². The van der Waals surface area contributed by atoms with Crippen LogP contribution in [0.3, 0.4) is 0 Å². The van der Waals surface area contributed by atoms with Crippen molar-refractivity contribution in [2.75, 3.05) is 6.61 Å². The summed E-state index contributed by atoms with van der Waals surface area (Å²) >= 11 is 0. The van der Waals surface area contributed by atoms with E-state index in [9.17, 15) is 20.6 Å². The molecule has 4 heteroatoms. The average molecular weight is 521 g/mol. The summed E-state index contributed by atoms with van der Waals surface area (Å²) in [4.78, 5) is 13.5. The van der Waals surface area contributed by atoms with Crippen LogP contribution in [0, 0.1) is 71.9 Å². The third-order valence-corrected chi connectivity index (χ3v) is 15.3. The Kier molecular flexibility index (Phi) is 5.79. The lowest BCUT2D eigenvalue weighted by Crippen LogP contribution is -2.74. The van der Waals surface area contributed by atoms with Crippen molar-refractivity contribution in [3.63, 3.8) is 0 Å². The van der Waals surface area contributed by atoms with Gasteiger partial charge in [-0.05, 0) is 102 Å². The van der Waals surface area contributed by atoms with Gasteiger partial charge in [0.05, 0.1) is 5.57 Å². The van der Waals surface area contributed by atoms with Crippen LogP contribution in [0.2, 0.25) is 0 Å². The summed E-state index contributed by atoms with van der Waals surface area (Å²) in [5.74, 6) is 0.644. The Morgan fingerprint density at radius 1 is 0.921 bits per heavy atom. The minimum absolute atomic E-state index is 0.0157. The van der Waals surface area contributed by atoms with Gasteiger partial charge in [0.15, 0.2) is 5.78 Å². The van der Waals surface area contributed by atoms with Crippen LogP contribution in [-0.2, 0) is 4.79 Å². The zero-order valence-electron chi connectivity index (χ0n) is 25.6. The molecule has 0 saturated heterocycles. The summed E-state index contributed by atoms with van der Waals surface area (Å²) in [5.41, 5.74) is -0.0288. The van der Waals surface area contributed by atoms with Gasteiger partial charge in [-0.3, -0.25) is 4.79 Å². The van der Waals surface area contributed by atoms with Gasteiger partial charge in [0.1, 0.15) is 6.07 Å². The van der Waals surface area contributed by atoms with E-state index >= 15 is 0 Å². The average Bonchev–Trinajstić information content (AvgIpc) is 2.82. The van der Waals surface area contributed by atoms with Crippen LogP contribution in [0.1, 0.15) is 120 Å². The van der Waals surface area contributed by atoms with Crippen LogP contribution in [-0.4, -0.2) is 23.2 Å². The first-order chi connectivity index (χ1) is 17.4. The molecule has 4 nitrogen and oxygen atoms in total. The Morgan fingerprint density at radius 2 is 1.53 bits per heavy atom.